The first kappa shape index (κ1) is 10.4. The number of rotatable bonds is 2. The molecule has 4 nitrogen and oxygen atoms in total. The van der Waals surface area contributed by atoms with E-state index in [1.54, 1.807) is 24.7 Å². The minimum Gasteiger partial charge on any atom is -0.465 e. The standard InChI is InChI=1S/C12H12N2O2/c1-9-7-10(12(15)16-2)3-4-11(9)14-6-5-13-8-14/h3-8H,1-2H3. The molecule has 0 saturated carbocycles. The molecule has 0 spiro atoms. The number of aromatic nitrogens is 2. The number of aryl methyl sites for hydroxylation is 1. The molecule has 0 radical (unpaired) electrons. The predicted molar refractivity (Wildman–Crippen MR) is 59.6 cm³/mol. The van der Waals surface area contributed by atoms with Gasteiger partial charge in [-0.3, -0.25) is 0 Å². The van der Waals surface area contributed by atoms with Crippen LogP contribution in [0.1, 0.15) is 15.9 Å². The molecule has 1 aromatic heterocycles. The highest BCUT2D eigenvalue weighted by atomic mass is 16.5. The average Bonchev–Trinajstić information content (AvgIpc) is 2.81. The second-order valence-electron chi connectivity index (χ2n) is 3.46. The van der Waals surface area contributed by atoms with Crippen LogP contribution in [0, 0.1) is 6.92 Å². The summed E-state index contributed by atoms with van der Waals surface area (Å²) < 4.78 is 6.56. The van der Waals surface area contributed by atoms with Gasteiger partial charge in [0.25, 0.3) is 0 Å². The van der Waals surface area contributed by atoms with E-state index in [2.05, 4.69) is 9.72 Å². The summed E-state index contributed by atoms with van der Waals surface area (Å²) in [5, 5.41) is 0. The zero-order chi connectivity index (χ0) is 11.5. The highest BCUT2D eigenvalue weighted by Gasteiger charge is 2.07. The second-order valence-corrected chi connectivity index (χ2v) is 3.46. The summed E-state index contributed by atoms with van der Waals surface area (Å²) in [6.45, 7) is 1.95. The van der Waals surface area contributed by atoms with E-state index in [4.69, 9.17) is 0 Å². The van der Waals surface area contributed by atoms with E-state index < -0.39 is 0 Å². The maximum atomic E-state index is 11.3. The van der Waals surface area contributed by atoms with Crippen LogP contribution in [0.5, 0.6) is 0 Å². The molecule has 0 saturated heterocycles. The van der Waals surface area contributed by atoms with Gasteiger partial charge in [0.05, 0.1) is 19.0 Å². The number of ether oxygens (including phenoxy) is 1. The molecule has 0 fully saturated rings. The average molecular weight is 216 g/mol. The Bertz CT molecular complexity index is 504. The fourth-order valence-electron chi connectivity index (χ4n) is 1.59. The molecular formula is C12H12N2O2. The quantitative estimate of drug-likeness (QED) is 0.721. The van der Waals surface area contributed by atoms with E-state index in [0.717, 1.165) is 11.3 Å². The number of benzene rings is 1. The Balaban J connectivity index is 2.41. The van der Waals surface area contributed by atoms with Gasteiger partial charge in [-0.1, -0.05) is 0 Å². The van der Waals surface area contributed by atoms with Crippen LogP contribution in [-0.4, -0.2) is 22.6 Å². The van der Waals surface area contributed by atoms with Crippen LogP contribution in [0.25, 0.3) is 5.69 Å². The first-order chi connectivity index (χ1) is 7.72. The topological polar surface area (TPSA) is 44.1 Å². The lowest BCUT2D eigenvalue weighted by atomic mass is 10.1. The van der Waals surface area contributed by atoms with Crippen molar-refractivity contribution < 1.29 is 9.53 Å². The Kier molecular flexibility index (Phi) is 2.72. The van der Waals surface area contributed by atoms with E-state index in [9.17, 15) is 4.79 Å². The summed E-state index contributed by atoms with van der Waals surface area (Å²) in [4.78, 5) is 15.3. The molecule has 82 valence electrons. The smallest absolute Gasteiger partial charge is 0.337 e. The monoisotopic (exact) mass is 216 g/mol. The molecule has 0 aliphatic carbocycles. The van der Waals surface area contributed by atoms with Gasteiger partial charge in [0.1, 0.15) is 0 Å². The van der Waals surface area contributed by atoms with E-state index in [1.165, 1.54) is 7.11 Å². The van der Waals surface area contributed by atoms with Crippen LogP contribution in [0.2, 0.25) is 0 Å². The fourth-order valence-corrected chi connectivity index (χ4v) is 1.59. The predicted octanol–water partition coefficient (Wildman–Crippen LogP) is 1.97. The molecule has 2 aromatic rings. The minimum absolute atomic E-state index is 0.319. The van der Waals surface area contributed by atoms with E-state index in [0.29, 0.717) is 5.56 Å². The third-order valence-corrected chi connectivity index (χ3v) is 2.40. The molecule has 4 heteroatoms. The van der Waals surface area contributed by atoms with Gasteiger partial charge in [-0.2, -0.15) is 0 Å². The summed E-state index contributed by atoms with van der Waals surface area (Å²) in [6.07, 6.45) is 5.30. The Hall–Kier alpha value is -2.10. The molecule has 2 rings (SSSR count). The number of carbonyl (C=O) groups excluding carboxylic acids is 1. The maximum Gasteiger partial charge on any atom is 0.337 e. The van der Waals surface area contributed by atoms with Crippen LogP contribution in [0.4, 0.5) is 0 Å². The van der Waals surface area contributed by atoms with Crippen molar-refractivity contribution in [1.82, 2.24) is 9.55 Å². The molecule has 0 aliphatic heterocycles. The summed E-state index contributed by atoms with van der Waals surface area (Å²) in [7, 11) is 1.38. The van der Waals surface area contributed by atoms with Gasteiger partial charge < -0.3 is 9.30 Å². The molecule has 0 atom stereocenters. The Morgan fingerprint density at radius 2 is 2.25 bits per heavy atom. The molecule has 1 heterocycles. The summed E-state index contributed by atoms with van der Waals surface area (Å²) in [5.41, 5.74) is 2.56. The lowest BCUT2D eigenvalue weighted by molar-refractivity contribution is 0.0600. The van der Waals surface area contributed by atoms with Crippen molar-refractivity contribution in [2.45, 2.75) is 6.92 Å². The van der Waals surface area contributed by atoms with Gasteiger partial charge in [0.2, 0.25) is 0 Å². The molecule has 0 amide bonds. The summed E-state index contributed by atoms with van der Waals surface area (Å²) in [6, 6.07) is 5.43. The zero-order valence-electron chi connectivity index (χ0n) is 9.18. The molecule has 0 aliphatic rings. The number of carbonyl (C=O) groups is 1. The maximum absolute atomic E-state index is 11.3. The first-order valence-corrected chi connectivity index (χ1v) is 4.89. The van der Waals surface area contributed by atoms with E-state index in [1.807, 2.05) is 23.8 Å². The van der Waals surface area contributed by atoms with Crippen molar-refractivity contribution in [3.8, 4) is 5.69 Å². The molecule has 0 unspecified atom stereocenters. The SMILES string of the molecule is COC(=O)c1ccc(-n2ccnc2)c(C)c1. The lowest BCUT2D eigenvalue weighted by Gasteiger charge is -2.07. The van der Waals surface area contributed by atoms with E-state index in [-0.39, 0.29) is 5.97 Å². The normalized spacial score (nSPS) is 10.1. The number of hydrogen-bond acceptors (Lipinski definition) is 3. The number of esters is 1. The van der Waals surface area contributed by atoms with Crippen LogP contribution < -0.4 is 0 Å². The summed E-state index contributed by atoms with van der Waals surface area (Å²) in [5.74, 6) is -0.319. The van der Waals surface area contributed by atoms with Crippen molar-refractivity contribution in [1.29, 1.82) is 0 Å². The van der Waals surface area contributed by atoms with Gasteiger partial charge in [0.15, 0.2) is 0 Å². The molecular weight excluding hydrogens is 204 g/mol. The van der Waals surface area contributed by atoms with Gasteiger partial charge >= 0.3 is 5.97 Å². The van der Waals surface area contributed by atoms with Crippen LogP contribution in [0.15, 0.2) is 36.9 Å². The largest absolute Gasteiger partial charge is 0.465 e. The fraction of sp³-hybridized carbons (Fsp3) is 0.167. The minimum atomic E-state index is -0.319. The summed E-state index contributed by atoms with van der Waals surface area (Å²) >= 11 is 0. The van der Waals surface area contributed by atoms with Crippen LogP contribution >= 0.6 is 0 Å². The zero-order valence-corrected chi connectivity index (χ0v) is 9.18. The van der Waals surface area contributed by atoms with Gasteiger partial charge in [-0.05, 0) is 30.7 Å². The Morgan fingerprint density at radius 1 is 1.44 bits per heavy atom. The van der Waals surface area contributed by atoms with Gasteiger partial charge in [0, 0.05) is 18.1 Å². The molecule has 0 N–H and O–H groups in total. The lowest BCUT2D eigenvalue weighted by Crippen LogP contribution is -2.03. The van der Waals surface area contributed by atoms with Crippen molar-refractivity contribution in [3.05, 3.63) is 48.0 Å². The third kappa shape index (κ3) is 1.82. The molecule has 0 bridgehead atoms. The van der Waals surface area contributed by atoms with E-state index >= 15 is 0 Å². The van der Waals surface area contributed by atoms with Gasteiger partial charge in [-0.25, -0.2) is 9.78 Å². The van der Waals surface area contributed by atoms with Crippen molar-refractivity contribution in [3.63, 3.8) is 0 Å². The third-order valence-electron chi connectivity index (χ3n) is 2.40. The number of nitrogens with zero attached hydrogens (tertiary/aromatic N) is 2. The van der Waals surface area contributed by atoms with Crippen LogP contribution in [-0.2, 0) is 4.74 Å². The van der Waals surface area contributed by atoms with Crippen LogP contribution in [0.3, 0.4) is 0 Å². The first-order valence-electron chi connectivity index (χ1n) is 4.89. The molecule has 16 heavy (non-hydrogen) atoms. The molecule has 1 aromatic carbocycles. The van der Waals surface area contributed by atoms with Crippen molar-refractivity contribution >= 4 is 5.97 Å². The van der Waals surface area contributed by atoms with Crippen molar-refractivity contribution in [2.24, 2.45) is 0 Å². The second kappa shape index (κ2) is 4.18. The Labute approximate surface area is 93.5 Å². The highest BCUT2D eigenvalue weighted by Crippen LogP contribution is 2.15. The number of hydrogen-bond donors (Lipinski definition) is 0. The Morgan fingerprint density at radius 3 is 2.81 bits per heavy atom. The number of imidazole rings is 1. The van der Waals surface area contributed by atoms with Gasteiger partial charge in [-0.15, -0.1) is 0 Å². The van der Waals surface area contributed by atoms with Crippen molar-refractivity contribution in [2.75, 3.05) is 7.11 Å². The number of methoxy groups -OCH3 is 1. The highest BCUT2D eigenvalue weighted by molar-refractivity contribution is 5.89.